The van der Waals surface area contributed by atoms with Crippen LogP contribution in [0.25, 0.3) is 0 Å². The molecule has 0 bridgehead atoms. The maximum atomic E-state index is 11.4. The van der Waals surface area contributed by atoms with Crippen LogP contribution in [-0.2, 0) is 4.79 Å². The zero-order valence-electron chi connectivity index (χ0n) is 7.66. The van der Waals surface area contributed by atoms with Crippen molar-refractivity contribution in [2.45, 2.75) is 13.0 Å². The summed E-state index contributed by atoms with van der Waals surface area (Å²) in [6, 6.07) is -0.123. The number of halogens is 1. The number of amides is 1. The minimum absolute atomic E-state index is 0.0718. The highest BCUT2D eigenvalue weighted by Gasteiger charge is 2.27. The first-order chi connectivity index (χ1) is 6.68. The van der Waals surface area contributed by atoms with Crippen LogP contribution < -0.4 is 10.2 Å². The summed E-state index contributed by atoms with van der Waals surface area (Å²) in [5, 5.41) is 5.65. The van der Waals surface area contributed by atoms with Gasteiger partial charge in [0.2, 0.25) is 5.91 Å². The van der Waals surface area contributed by atoms with E-state index in [4.69, 9.17) is 0 Å². The molecular weight excluding hydrogens is 266 g/mol. The van der Waals surface area contributed by atoms with Crippen molar-refractivity contribution in [2.75, 3.05) is 18.0 Å². The Labute approximate surface area is 94.4 Å². The lowest BCUT2D eigenvalue weighted by atomic mass is 10.2. The Morgan fingerprint density at radius 2 is 2.57 bits per heavy atom. The van der Waals surface area contributed by atoms with Gasteiger partial charge in [0, 0.05) is 18.5 Å². The van der Waals surface area contributed by atoms with E-state index >= 15 is 0 Å². The Morgan fingerprint density at radius 1 is 1.79 bits per heavy atom. The van der Waals surface area contributed by atoms with E-state index in [1.807, 2.05) is 17.2 Å². The second-order valence-electron chi connectivity index (χ2n) is 3.11. The van der Waals surface area contributed by atoms with Crippen LogP contribution in [0.1, 0.15) is 6.92 Å². The Kier molecular flexibility index (Phi) is 2.73. The Hall–Kier alpha value is -0.620. The lowest BCUT2D eigenvalue weighted by molar-refractivity contribution is -0.122. The molecule has 76 valence electrons. The van der Waals surface area contributed by atoms with Gasteiger partial charge in [-0.25, -0.2) is 4.98 Å². The summed E-state index contributed by atoms with van der Waals surface area (Å²) in [4.78, 5) is 17.7. The molecular formula is C8H10BrN3OS. The number of aromatic nitrogens is 1. The van der Waals surface area contributed by atoms with Crippen molar-refractivity contribution in [3.05, 3.63) is 9.98 Å². The number of piperazine rings is 1. The smallest absolute Gasteiger partial charge is 0.242 e. The Bertz CT molecular complexity index is 354. The van der Waals surface area contributed by atoms with Crippen LogP contribution in [0.2, 0.25) is 0 Å². The van der Waals surface area contributed by atoms with Gasteiger partial charge in [-0.1, -0.05) is 0 Å². The third kappa shape index (κ3) is 1.76. The highest BCUT2D eigenvalue weighted by Crippen LogP contribution is 2.25. The number of hydrogen-bond acceptors (Lipinski definition) is 4. The number of rotatable bonds is 1. The van der Waals surface area contributed by atoms with Crippen molar-refractivity contribution in [1.82, 2.24) is 10.3 Å². The van der Waals surface area contributed by atoms with Crippen LogP contribution in [0.3, 0.4) is 0 Å². The molecule has 1 aromatic rings. The van der Waals surface area contributed by atoms with Gasteiger partial charge in [0.25, 0.3) is 0 Å². The fourth-order valence-electron chi connectivity index (χ4n) is 1.42. The van der Waals surface area contributed by atoms with Gasteiger partial charge in [-0.05, 0) is 22.9 Å². The predicted molar refractivity (Wildman–Crippen MR) is 59.6 cm³/mol. The van der Waals surface area contributed by atoms with Crippen molar-refractivity contribution < 1.29 is 4.79 Å². The number of nitrogens with one attached hydrogen (secondary N) is 1. The van der Waals surface area contributed by atoms with Crippen molar-refractivity contribution >= 4 is 38.3 Å². The van der Waals surface area contributed by atoms with E-state index in [-0.39, 0.29) is 11.9 Å². The zero-order valence-corrected chi connectivity index (χ0v) is 10.1. The van der Waals surface area contributed by atoms with Crippen molar-refractivity contribution in [1.29, 1.82) is 0 Å². The molecule has 0 spiro atoms. The molecule has 0 aromatic carbocycles. The van der Waals surface area contributed by atoms with Gasteiger partial charge >= 0.3 is 0 Å². The van der Waals surface area contributed by atoms with Crippen LogP contribution in [0.4, 0.5) is 5.13 Å². The lowest BCUT2D eigenvalue weighted by Crippen LogP contribution is -2.54. The number of nitrogens with zero attached hydrogens (tertiary/aromatic N) is 2. The van der Waals surface area contributed by atoms with Crippen LogP contribution in [0, 0.1) is 0 Å². The fourth-order valence-corrected chi connectivity index (χ4v) is 2.78. The largest absolute Gasteiger partial charge is 0.353 e. The molecule has 1 aliphatic heterocycles. The molecule has 1 saturated heterocycles. The van der Waals surface area contributed by atoms with E-state index in [9.17, 15) is 4.79 Å². The number of carbonyl (C=O) groups excluding carboxylic acids is 1. The van der Waals surface area contributed by atoms with Gasteiger partial charge in [-0.15, -0.1) is 11.3 Å². The van der Waals surface area contributed by atoms with Crippen LogP contribution >= 0.6 is 27.3 Å². The second kappa shape index (κ2) is 3.86. The van der Waals surface area contributed by atoms with Gasteiger partial charge < -0.3 is 10.2 Å². The number of thiazole rings is 1. The molecule has 2 rings (SSSR count). The molecule has 2 heterocycles. The van der Waals surface area contributed by atoms with Gasteiger partial charge in [-0.3, -0.25) is 4.79 Å². The summed E-state index contributed by atoms with van der Waals surface area (Å²) in [7, 11) is 0. The quantitative estimate of drug-likeness (QED) is 0.839. The second-order valence-corrected chi connectivity index (χ2v) is 4.76. The Morgan fingerprint density at radius 3 is 3.21 bits per heavy atom. The fraction of sp³-hybridized carbons (Fsp3) is 0.500. The molecule has 0 aliphatic carbocycles. The molecule has 1 atom stereocenters. The molecule has 1 unspecified atom stereocenters. The van der Waals surface area contributed by atoms with Crippen LogP contribution in [0.15, 0.2) is 9.98 Å². The van der Waals surface area contributed by atoms with E-state index in [0.717, 1.165) is 16.3 Å². The molecule has 0 saturated carbocycles. The first-order valence-electron chi connectivity index (χ1n) is 4.34. The first kappa shape index (κ1) is 9.92. The van der Waals surface area contributed by atoms with E-state index in [0.29, 0.717) is 6.54 Å². The zero-order chi connectivity index (χ0) is 10.1. The monoisotopic (exact) mass is 275 g/mol. The van der Waals surface area contributed by atoms with E-state index in [1.54, 1.807) is 11.3 Å². The summed E-state index contributed by atoms with van der Waals surface area (Å²) in [5.41, 5.74) is 0. The molecule has 1 N–H and O–H groups in total. The topological polar surface area (TPSA) is 45.2 Å². The Balaban J connectivity index is 2.21. The number of hydrogen-bond donors (Lipinski definition) is 1. The van der Waals surface area contributed by atoms with Crippen LogP contribution in [-0.4, -0.2) is 30.0 Å². The van der Waals surface area contributed by atoms with Crippen molar-refractivity contribution in [3.63, 3.8) is 0 Å². The summed E-state index contributed by atoms with van der Waals surface area (Å²) in [5.74, 6) is 0.0718. The molecule has 1 aromatic heterocycles. The minimum Gasteiger partial charge on any atom is -0.353 e. The van der Waals surface area contributed by atoms with Crippen LogP contribution in [0.5, 0.6) is 0 Å². The van der Waals surface area contributed by atoms with Gasteiger partial charge in [0.1, 0.15) is 10.6 Å². The molecule has 14 heavy (non-hydrogen) atoms. The molecule has 0 radical (unpaired) electrons. The maximum Gasteiger partial charge on any atom is 0.242 e. The van der Waals surface area contributed by atoms with Gasteiger partial charge in [0.15, 0.2) is 5.13 Å². The lowest BCUT2D eigenvalue weighted by Gasteiger charge is -2.32. The predicted octanol–water partition coefficient (Wildman–Crippen LogP) is 1.23. The van der Waals surface area contributed by atoms with Crippen molar-refractivity contribution in [2.24, 2.45) is 0 Å². The summed E-state index contributed by atoms with van der Waals surface area (Å²) in [6.07, 6.45) is 0. The highest BCUT2D eigenvalue weighted by atomic mass is 79.9. The SMILES string of the molecule is CC1C(=O)NCCN1c1nc(Br)cs1. The maximum absolute atomic E-state index is 11.4. The van der Waals surface area contributed by atoms with E-state index in [1.165, 1.54) is 0 Å². The average molecular weight is 276 g/mol. The van der Waals surface area contributed by atoms with E-state index in [2.05, 4.69) is 26.2 Å². The third-order valence-electron chi connectivity index (χ3n) is 2.21. The highest BCUT2D eigenvalue weighted by molar-refractivity contribution is 9.10. The first-order valence-corrected chi connectivity index (χ1v) is 6.01. The molecule has 6 heteroatoms. The number of carbonyl (C=O) groups is 1. The molecule has 1 amide bonds. The molecule has 1 fully saturated rings. The minimum atomic E-state index is -0.123. The third-order valence-corrected chi connectivity index (χ3v) is 3.80. The normalized spacial score (nSPS) is 22.3. The molecule has 1 aliphatic rings. The van der Waals surface area contributed by atoms with E-state index < -0.39 is 0 Å². The van der Waals surface area contributed by atoms with Gasteiger partial charge in [0.05, 0.1) is 0 Å². The summed E-state index contributed by atoms with van der Waals surface area (Å²) >= 11 is 4.86. The van der Waals surface area contributed by atoms with Gasteiger partial charge in [-0.2, -0.15) is 0 Å². The standard InChI is InChI=1S/C8H10BrN3OS/c1-5-7(13)10-2-3-12(5)8-11-6(9)4-14-8/h4-5H,2-3H2,1H3,(H,10,13). The molecule has 4 nitrogen and oxygen atoms in total. The number of anilines is 1. The average Bonchev–Trinajstić information content (AvgIpc) is 2.57. The summed E-state index contributed by atoms with van der Waals surface area (Å²) < 4.78 is 0.829. The summed E-state index contributed by atoms with van der Waals surface area (Å²) in [6.45, 7) is 3.41. The van der Waals surface area contributed by atoms with Crippen molar-refractivity contribution in [3.8, 4) is 0 Å².